The van der Waals surface area contributed by atoms with Crippen LogP contribution < -0.4 is 11.1 Å². The van der Waals surface area contributed by atoms with E-state index in [1.807, 2.05) is 37.3 Å². The van der Waals surface area contributed by atoms with Gasteiger partial charge in [0.2, 0.25) is 11.8 Å². The summed E-state index contributed by atoms with van der Waals surface area (Å²) < 4.78 is 0. The van der Waals surface area contributed by atoms with Crippen LogP contribution in [0.1, 0.15) is 42.9 Å². The van der Waals surface area contributed by atoms with E-state index in [-0.39, 0.29) is 17.7 Å². The third-order valence-electron chi connectivity index (χ3n) is 5.80. The number of nitrogens with one attached hydrogen (secondary N) is 1. The summed E-state index contributed by atoms with van der Waals surface area (Å²) in [5.74, 6) is -0.308. The Hall–Kier alpha value is -2.92. The molecule has 1 atom stereocenters. The molecule has 2 aromatic rings. The smallest absolute Gasteiger partial charge is 0.244 e. The Kier molecular flexibility index (Phi) is 8.42. The molecule has 31 heavy (non-hydrogen) atoms. The predicted octanol–water partition coefficient (Wildman–Crippen LogP) is 3.58. The van der Waals surface area contributed by atoms with Crippen molar-refractivity contribution >= 4 is 11.8 Å². The first-order valence-electron chi connectivity index (χ1n) is 11.1. The van der Waals surface area contributed by atoms with Gasteiger partial charge in [0.05, 0.1) is 5.92 Å². The van der Waals surface area contributed by atoms with E-state index < -0.39 is 0 Å². The molecule has 0 aliphatic carbocycles. The number of amides is 2. The van der Waals surface area contributed by atoms with Crippen LogP contribution in [-0.2, 0) is 29.1 Å². The van der Waals surface area contributed by atoms with Crippen LogP contribution in [0.3, 0.4) is 0 Å². The van der Waals surface area contributed by atoms with E-state index >= 15 is 0 Å². The van der Waals surface area contributed by atoms with Gasteiger partial charge in [0.25, 0.3) is 0 Å². The predicted molar refractivity (Wildman–Crippen MR) is 124 cm³/mol. The van der Waals surface area contributed by atoms with E-state index in [2.05, 4.69) is 34.5 Å². The first-order chi connectivity index (χ1) is 15.0. The minimum absolute atomic E-state index is 0.0480. The van der Waals surface area contributed by atoms with E-state index in [9.17, 15) is 9.59 Å². The van der Waals surface area contributed by atoms with Crippen molar-refractivity contribution in [3.8, 4) is 0 Å². The zero-order valence-electron chi connectivity index (χ0n) is 18.3. The quantitative estimate of drug-likeness (QED) is 0.610. The number of hydrogen-bond donors (Lipinski definition) is 2. The Morgan fingerprint density at radius 2 is 1.84 bits per heavy atom. The first-order valence-corrected chi connectivity index (χ1v) is 11.1. The maximum atomic E-state index is 12.3. The van der Waals surface area contributed by atoms with E-state index in [1.54, 1.807) is 6.08 Å². The van der Waals surface area contributed by atoms with Gasteiger partial charge in [-0.1, -0.05) is 60.2 Å². The summed E-state index contributed by atoms with van der Waals surface area (Å²) in [6.07, 6.45) is 5.39. The lowest BCUT2D eigenvalue weighted by Gasteiger charge is -2.31. The highest BCUT2D eigenvalue weighted by Gasteiger charge is 2.23. The van der Waals surface area contributed by atoms with Gasteiger partial charge in [-0.3, -0.25) is 14.5 Å². The number of allylic oxidation sites excluding steroid dienone is 1. The second-order valence-corrected chi connectivity index (χ2v) is 8.49. The zero-order valence-corrected chi connectivity index (χ0v) is 18.3. The van der Waals surface area contributed by atoms with E-state index in [0.717, 1.165) is 56.5 Å². The number of primary amides is 1. The first kappa shape index (κ1) is 22.8. The molecule has 2 amide bonds. The summed E-state index contributed by atoms with van der Waals surface area (Å²) in [5.41, 5.74) is 10.1. The highest BCUT2D eigenvalue weighted by Crippen LogP contribution is 2.19. The molecule has 1 saturated heterocycles. The number of nitrogens with two attached hydrogens (primary N) is 1. The van der Waals surface area contributed by atoms with Crippen molar-refractivity contribution in [3.05, 3.63) is 82.9 Å². The summed E-state index contributed by atoms with van der Waals surface area (Å²) in [4.78, 5) is 26.1. The number of aryl methyl sites for hydroxylation is 1. The fraction of sp³-hybridized carbons (Fsp3) is 0.385. The molecule has 0 saturated carbocycles. The molecule has 0 radical (unpaired) electrons. The number of carbonyl (C=O) groups is 2. The molecule has 0 aromatic heterocycles. The molecule has 5 heteroatoms. The third kappa shape index (κ3) is 7.68. The van der Waals surface area contributed by atoms with Crippen molar-refractivity contribution in [1.29, 1.82) is 0 Å². The molecule has 0 bridgehead atoms. The molecule has 2 aromatic carbocycles. The van der Waals surface area contributed by atoms with Gasteiger partial charge in [0.1, 0.15) is 0 Å². The largest absolute Gasteiger partial charge is 0.369 e. The fourth-order valence-corrected chi connectivity index (χ4v) is 4.05. The third-order valence-corrected chi connectivity index (χ3v) is 5.80. The van der Waals surface area contributed by atoms with Crippen LogP contribution in [-0.4, -0.2) is 29.8 Å². The summed E-state index contributed by atoms with van der Waals surface area (Å²) in [6.45, 7) is 5.01. The van der Waals surface area contributed by atoms with Crippen molar-refractivity contribution in [2.24, 2.45) is 11.7 Å². The van der Waals surface area contributed by atoms with Crippen molar-refractivity contribution in [3.63, 3.8) is 0 Å². The van der Waals surface area contributed by atoms with Crippen molar-refractivity contribution < 1.29 is 9.59 Å². The lowest BCUT2D eigenvalue weighted by Crippen LogP contribution is -2.40. The summed E-state index contributed by atoms with van der Waals surface area (Å²) in [6, 6.07) is 18.6. The van der Waals surface area contributed by atoms with E-state index in [1.165, 1.54) is 11.1 Å². The Morgan fingerprint density at radius 3 is 2.61 bits per heavy atom. The summed E-state index contributed by atoms with van der Waals surface area (Å²) >= 11 is 0. The zero-order chi connectivity index (χ0) is 22.1. The topological polar surface area (TPSA) is 75.4 Å². The van der Waals surface area contributed by atoms with E-state index in [4.69, 9.17) is 5.73 Å². The van der Waals surface area contributed by atoms with Gasteiger partial charge >= 0.3 is 0 Å². The van der Waals surface area contributed by atoms with Gasteiger partial charge < -0.3 is 11.1 Å². The van der Waals surface area contributed by atoms with Crippen molar-refractivity contribution in [2.75, 3.05) is 13.1 Å². The highest BCUT2D eigenvalue weighted by atomic mass is 16.1. The lowest BCUT2D eigenvalue weighted by molar-refractivity contribution is -0.123. The van der Waals surface area contributed by atoms with Gasteiger partial charge in [-0.2, -0.15) is 0 Å². The fourth-order valence-electron chi connectivity index (χ4n) is 4.05. The normalized spacial score (nSPS) is 17.3. The molecule has 1 unspecified atom stereocenters. The molecular formula is C26H33N3O2. The van der Waals surface area contributed by atoms with Crippen LogP contribution in [0.5, 0.6) is 0 Å². The Labute approximate surface area is 185 Å². The molecule has 3 rings (SSSR count). The monoisotopic (exact) mass is 419 g/mol. The van der Waals surface area contributed by atoms with Crippen LogP contribution in [0.15, 0.2) is 66.2 Å². The number of hydrogen-bond acceptors (Lipinski definition) is 3. The van der Waals surface area contributed by atoms with Gasteiger partial charge in [-0.05, 0) is 55.8 Å². The molecule has 1 heterocycles. The number of likely N-dealkylation sites (tertiary alicyclic amines) is 1. The lowest BCUT2D eigenvalue weighted by atomic mass is 9.97. The van der Waals surface area contributed by atoms with Crippen LogP contribution in [0, 0.1) is 5.92 Å². The summed E-state index contributed by atoms with van der Waals surface area (Å²) in [7, 11) is 0. The Bertz CT molecular complexity index is 908. The minimum atomic E-state index is -0.201. The second-order valence-electron chi connectivity index (χ2n) is 8.49. The van der Waals surface area contributed by atoms with Crippen LogP contribution in [0.4, 0.5) is 0 Å². The van der Waals surface area contributed by atoms with Crippen molar-refractivity contribution in [2.45, 2.75) is 45.7 Å². The van der Waals surface area contributed by atoms with Crippen LogP contribution in [0.2, 0.25) is 0 Å². The number of carbonyl (C=O) groups excluding carboxylic acids is 2. The molecule has 5 nitrogen and oxygen atoms in total. The highest BCUT2D eigenvalue weighted by molar-refractivity contribution is 5.88. The average Bonchev–Trinajstić information content (AvgIpc) is 2.77. The number of benzene rings is 2. The van der Waals surface area contributed by atoms with Crippen LogP contribution in [0.25, 0.3) is 0 Å². The van der Waals surface area contributed by atoms with Gasteiger partial charge in [0.15, 0.2) is 0 Å². The Balaban J connectivity index is 1.46. The van der Waals surface area contributed by atoms with Gasteiger partial charge in [0, 0.05) is 25.7 Å². The maximum absolute atomic E-state index is 12.3. The second kappa shape index (κ2) is 11.5. The molecule has 1 aliphatic rings. The Morgan fingerprint density at radius 1 is 1.10 bits per heavy atom. The molecule has 0 spiro atoms. The maximum Gasteiger partial charge on any atom is 0.244 e. The standard InChI is InChI=1S/C26H33N3O2/c1-20(12-13-21-7-3-2-4-8-21)15-25(30)28-17-22-9-5-10-23(16-22)18-29-14-6-11-24(19-29)26(27)31/h2-5,7-10,15-16,24H,6,11-14,17-19H2,1H3,(H2,27,31)(H,28,30). The van der Waals surface area contributed by atoms with Crippen molar-refractivity contribution in [1.82, 2.24) is 10.2 Å². The molecule has 1 fully saturated rings. The average molecular weight is 420 g/mol. The van der Waals surface area contributed by atoms with Gasteiger partial charge in [-0.15, -0.1) is 0 Å². The number of piperidine rings is 1. The molecule has 164 valence electrons. The number of nitrogens with zero attached hydrogens (tertiary/aromatic N) is 1. The van der Waals surface area contributed by atoms with Gasteiger partial charge in [-0.25, -0.2) is 0 Å². The molecule has 3 N–H and O–H groups in total. The molecular weight excluding hydrogens is 386 g/mol. The van der Waals surface area contributed by atoms with Crippen LogP contribution >= 0.6 is 0 Å². The SMILES string of the molecule is CC(=CC(=O)NCc1cccc(CN2CCCC(C(N)=O)C2)c1)CCc1ccccc1. The van der Waals surface area contributed by atoms with E-state index in [0.29, 0.717) is 6.54 Å². The summed E-state index contributed by atoms with van der Waals surface area (Å²) in [5, 5.41) is 2.99. The number of rotatable bonds is 9. The minimum Gasteiger partial charge on any atom is -0.369 e. The molecule has 1 aliphatic heterocycles.